The minimum atomic E-state index is 0.223. The third-order valence-electron chi connectivity index (χ3n) is 3.54. The molecular formula is C16H28N2O. The smallest absolute Gasteiger partial charge is 0.119 e. The largest absolute Gasteiger partial charge is 0.497 e. The molecule has 0 spiro atoms. The van der Waals surface area contributed by atoms with Crippen LogP contribution in [0.3, 0.4) is 0 Å². The summed E-state index contributed by atoms with van der Waals surface area (Å²) in [7, 11) is 1.69. The first-order chi connectivity index (χ1) is 9.31. The normalized spacial score (nSPS) is 12.4. The molecule has 19 heavy (non-hydrogen) atoms. The summed E-state index contributed by atoms with van der Waals surface area (Å²) in [5.74, 6) is 6.56. The van der Waals surface area contributed by atoms with Crippen LogP contribution in [0.2, 0.25) is 0 Å². The molecule has 0 aliphatic carbocycles. The quantitative estimate of drug-likeness (QED) is 0.382. The molecule has 3 heteroatoms. The maximum Gasteiger partial charge on any atom is 0.119 e. The zero-order chi connectivity index (χ0) is 13.9. The number of hydrogen-bond acceptors (Lipinski definition) is 3. The van der Waals surface area contributed by atoms with Crippen LogP contribution in [0.1, 0.15) is 63.5 Å². The molecule has 0 aliphatic heterocycles. The molecule has 0 aliphatic rings. The van der Waals surface area contributed by atoms with Gasteiger partial charge in [0.25, 0.3) is 0 Å². The Labute approximate surface area is 117 Å². The van der Waals surface area contributed by atoms with Gasteiger partial charge in [-0.15, -0.1) is 0 Å². The van der Waals surface area contributed by atoms with Crippen molar-refractivity contribution in [2.45, 2.75) is 57.9 Å². The predicted molar refractivity (Wildman–Crippen MR) is 81.1 cm³/mol. The van der Waals surface area contributed by atoms with E-state index in [1.807, 2.05) is 12.1 Å². The fourth-order valence-electron chi connectivity index (χ4n) is 2.33. The Bertz CT molecular complexity index is 341. The highest BCUT2D eigenvalue weighted by atomic mass is 16.5. The van der Waals surface area contributed by atoms with Gasteiger partial charge in [0.15, 0.2) is 0 Å². The lowest BCUT2D eigenvalue weighted by Gasteiger charge is -2.17. The first-order valence-corrected chi connectivity index (χ1v) is 7.42. The number of ether oxygens (including phenoxy) is 1. The molecule has 0 fully saturated rings. The van der Waals surface area contributed by atoms with Gasteiger partial charge in [0, 0.05) is 6.04 Å². The molecule has 0 aromatic heterocycles. The standard InChI is InChI=1S/C16H28N2O/c1-3-4-5-6-7-8-12-16(18-17)14-10-9-11-15(13-14)19-2/h9-11,13,16,18H,3-8,12,17H2,1-2H3. The summed E-state index contributed by atoms with van der Waals surface area (Å²) in [5.41, 5.74) is 4.12. The Kier molecular flexibility index (Phi) is 8.26. The molecule has 3 nitrogen and oxygen atoms in total. The molecule has 1 unspecified atom stereocenters. The second kappa shape index (κ2) is 9.82. The van der Waals surface area contributed by atoms with Crippen molar-refractivity contribution < 1.29 is 4.74 Å². The minimum absolute atomic E-state index is 0.223. The average Bonchev–Trinajstić information content (AvgIpc) is 2.46. The van der Waals surface area contributed by atoms with Crippen LogP contribution in [0, 0.1) is 0 Å². The van der Waals surface area contributed by atoms with Gasteiger partial charge >= 0.3 is 0 Å². The number of methoxy groups -OCH3 is 1. The van der Waals surface area contributed by atoms with Gasteiger partial charge in [-0.3, -0.25) is 11.3 Å². The fraction of sp³-hybridized carbons (Fsp3) is 0.625. The van der Waals surface area contributed by atoms with Crippen LogP contribution in [0.4, 0.5) is 0 Å². The molecule has 0 heterocycles. The molecular weight excluding hydrogens is 236 g/mol. The molecule has 0 amide bonds. The Morgan fingerprint density at radius 1 is 1.16 bits per heavy atom. The van der Waals surface area contributed by atoms with Crippen molar-refractivity contribution in [1.82, 2.24) is 5.43 Å². The van der Waals surface area contributed by atoms with Gasteiger partial charge in [0.1, 0.15) is 5.75 Å². The Morgan fingerprint density at radius 2 is 1.89 bits per heavy atom. The zero-order valence-corrected chi connectivity index (χ0v) is 12.3. The SMILES string of the molecule is CCCCCCCCC(NN)c1cccc(OC)c1. The van der Waals surface area contributed by atoms with E-state index in [9.17, 15) is 0 Å². The van der Waals surface area contributed by atoms with Crippen molar-refractivity contribution in [3.8, 4) is 5.75 Å². The van der Waals surface area contributed by atoms with Crippen molar-refractivity contribution in [3.05, 3.63) is 29.8 Å². The Hall–Kier alpha value is -1.06. The number of nitrogens with two attached hydrogens (primary N) is 1. The van der Waals surface area contributed by atoms with Crippen LogP contribution in [-0.4, -0.2) is 7.11 Å². The molecule has 0 bridgehead atoms. The van der Waals surface area contributed by atoms with E-state index in [-0.39, 0.29) is 6.04 Å². The molecule has 1 aromatic rings. The molecule has 1 atom stereocenters. The van der Waals surface area contributed by atoms with Gasteiger partial charge < -0.3 is 4.74 Å². The summed E-state index contributed by atoms with van der Waals surface area (Å²) in [5, 5.41) is 0. The molecule has 3 N–H and O–H groups in total. The number of benzene rings is 1. The average molecular weight is 264 g/mol. The summed E-state index contributed by atoms with van der Waals surface area (Å²) >= 11 is 0. The number of unbranched alkanes of at least 4 members (excludes halogenated alkanes) is 5. The van der Waals surface area contributed by atoms with E-state index in [0.717, 1.165) is 12.2 Å². The summed E-state index contributed by atoms with van der Waals surface area (Å²) < 4.78 is 5.25. The van der Waals surface area contributed by atoms with Gasteiger partial charge in [-0.05, 0) is 24.1 Å². The lowest BCUT2D eigenvalue weighted by atomic mass is 10.00. The van der Waals surface area contributed by atoms with Crippen molar-refractivity contribution in [2.75, 3.05) is 7.11 Å². The van der Waals surface area contributed by atoms with Crippen LogP contribution in [0.15, 0.2) is 24.3 Å². The highest BCUT2D eigenvalue weighted by Crippen LogP contribution is 2.23. The summed E-state index contributed by atoms with van der Waals surface area (Å²) in [6.45, 7) is 2.25. The van der Waals surface area contributed by atoms with Crippen LogP contribution >= 0.6 is 0 Å². The molecule has 1 aromatic carbocycles. The van der Waals surface area contributed by atoms with Crippen LogP contribution in [0.5, 0.6) is 5.75 Å². The Balaban J connectivity index is 2.35. The van der Waals surface area contributed by atoms with E-state index in [1.54, 1.807) is 7.11 Å². The van der Waals surface area contributed by atoms with E-state index in [0.29, 0.717) is 0 Å². The summed E-state index contributed by atoms with van der Waals surface area (Å²) in [6.07, 6.45) is 8.94. The fourth-order valence-corrected chi connectivity index (χ4v) is 2.33. The van der Waals surface area contributed by atoms with Gasteiger partial charge in [-0.1, -0.05) is 57.6 Å². The zero-order valence-electron chi connectivity index (χ0n) is 12.3. The number of nitrogens with one attached hydrogen (secondary N) is 1. The van der Waals surface area contributed by atoms with Crippen LogP contribution < -0.4 is 16.0 Å². The lowest BCUT2D eigenvalue weighted by molar-refractivity contribution is 0.411. The molecule has 0 radical (unpaired) electrons. The second-order valence-corrected chi connectivity index (χ2v) is 5.05. The van der Waals surface area contributed by atoms with Gasteiger partial charge in [-0.25, -0.2) is 0 Å². The first-order valence-electron chi connectivity index (χ1n) is 7.42. The van der Waals surface area contributed by atoms with E-state index < -0.39 is 0 Å². The first kappa shape index (κ1) is 16.0. The minimum Gasteiger partial charge on any atom is -0.497 e. The molecule has 0 saturated heterocycles. The molecule has 1 rings (SSSR count). The lowest BCUT2D eigenvalue weighted by Crippen LogP contribution is -2.27. The highest BCUT2D eigenvalue weighted by molar-refractivity contribution is 5.30. The van der Waals surface area contributed by atoms with E-state index in [1.165, 1.54) is 44.1 Å². The predicted octanol–water partition coefficient (Wildman–Crippen LogP) is 3.95. The van der Waals surface area contributed by atoms with Crippen LogP contribution in [-0.2, 0) is 0 Å². The van der Waals surface area contributed by atoms with Gasteiger partial charge in [-0.2, -0.15) is 0 Å². The number of rotatable bonds is 10. The number of hydrazine groups is 1. The highest BCUT2D eigenvalue weighted by Gasteiger charge is 2.09. The van der Waals surface area contributed by atoms with Crippen molar-refractivity contribution in [1.29, 1.82) is 0 Å². The van der Waals surface area contributed by atoms with E-state index >= 15 is 0 Å². The van der Waals surface area contributed by atoms with Crippen molar-refractivity contribution in [2.24, 2.45) is 5.84 Å². The third-order valence-corrected chi connectivity index (χ3v) is 3.54. The summed E-state index contributed by atoms with van der Waals surface area (Å²) in [4.78, 5) is 0. The maximum atomic E-state index is 5.67. The Morgan fingerprint density at radius 3 is 2.58 bits per heavy atom. The van der Waals surface area contributed by atoms with E-state index in [4.69, 9.17) is 10.6 Å². The molecule has 0 saturated carbocycles. The third kappa shape index (κ3) is 6.08. The maximum absolute atomic E-state index is 5.67. The topological polar surface area (TPSA) is 47.3 Å². The summed E-state index contributed by atoms with van der Waals surface area (Å²) in [6, 6.07) is 8.36. The number of hydrogen-bond donors (Lipinski definition) is 2. The van der Waals surface area contributed by atoms with Gasteiger partial charge in [0.2, 0.25) is 0 Å². The monoisotopic (exact) mass is 264 g/mol. The second-order valence-electron chi connectivity index (χ2n) is 5.05. The van der Waals surface area contributed by atoms with Crippen molar-refractivity contribution >= 4 is 0 Å². The van der Waals surface area contributed by atoms with Gasteiger partial charge in [0.05, 0.1) is 7.11 Å². The molecule has 108 valence electrons. The van der Waals surface area contributed by atoms with E-state index in [2.05, 4.69) is 24.5 Å². The van der Waals surface area contributed by atoms with Crippen molar-refractivity contribution in [3.63, 3.8) is 0 Å². The van der Waals surface area contributed by atoms with Crippen LogP contribution in [0.25, 0.3) is 0 Å².